The van der Waals surface area contributed by atoms with Crippen LogP contribution in [0.1, 0.15) is 25.0 Å². The van der Waals surface area contributed by atoms with E-state index in [-0.39, 0.29) is 17.6 Å². The summed E-state index contributed by atoms with van der Waals surface area (Å²) in [4.78, 5) is 23.6. The molecule has 0 aliphatic heterocycles. The monoisotopic (exact) mass is 533 g/mol. The Labute approximate surface area is 223 Å². The van der Waals surface area contributed by atoms with Crippen molar-refractivity contribution in [3.8, 4) is 22.8 Å². The molecule has 188 valence electrons. The molecule has 4 aromatic rings. The molecule has 1 amide bonds. The van der Waals surface area contributed by atoms with E-state index in [1.807, 2.05) is 47.9 Å². The third-order valence-electron chi connectivity index (χ3n) is 5.24. The molecule has 8 nitrogen and oxygen atoms in total. The highest BCUT2D eigenvalue weighted by atomic mass is 35.5. The van der Waals surface area contributed by atoms with Gasteiger partial charge in [-0.3, -0.25) is 14.2 Å². The zero-order valence-corrected chi connectivity index (χ0v) is 22.0. The smallest absolute Gasteiger partial charge is 0.308 e. The van der Waals surface area contributed by atoms with Crippen molar-refractivity contribution in [2.75, 3.05) is 5.75 Å². The lowest BCUT2D eigenvalue weighted by atomic mass is 10.1. The fraction of sp³-hybridized carbons (Fsp3) is 0.148. The summed E-state index contributed by atoms with van der Waals surface area (Å²) < 4.78 is 6.93. The Morgan fingerprint density at radius 1 is 0.973 bits per heavy atom. The predicted octanol–water partition coefficient (Wildman–Crippen LogP) is 5.45. The molecule has 0 saturated carbocycles. The minimum atomic E-state index is -0.388. The van der Waals surface area contributed by atoms with Gasteiger partial charge >= 0.3 is 5.97 Å². The van der Waals surface area contributed by atoms with Gasteiger partial charge in [0.15, 0.2) is 11.0 Å². The van der Waals surface area contributed by atoms with Gasteiger partial charge in [0.2, 0.25) is 0 Å². The minimum absolute atomic E-state index is 0.0851. The SMILES string of the molecule is CC(=O)Oc1ccc(/C(C)=N\NC(=O)CSc2nnc(-c3ccc(C)cc3)n2-c2ccc(Cl)cc2)cc1. The molecule has 0 bridgehead atoms. The number of nitrogens with one attached hydrogen (secondary N) is 1. The number of hydrogen-bond donors (Lipinski definition) is 1. The van der Waals surface area contributed by atoms with E-state index in [4.69, 9.17) is 16.3 Å². The fourth-order valence-corrected chi connectivity index (χ4v) is 4.25. The maximum absolute atomic E-state index is 12.6. The molecule has 0 aliphatic carbocycles. The first kappa shape index (κ1) is 26.1. The van der Waals surface area contributed by atoms with E-state index in [0.29, 0.717) is 27.5 Å². The molecule has 1 aromatic heterocycles. The quantitative estimate of drug-likeness (QED) is 0.106. The molecule has 0 fully saturated rings. The molecule has 3 aromatic carbocycles. The van der Waals surface area contributed by atoms with Crippen LogP contribution in [0.25, 0.3) is 17.1 Å². The van der Waals surface area contributed by atoms with Crippen LogP contribution in [0.2, 0.25) is 5.02 Å². The van der Waals surface area contributed by atoms with E-state index in [1.165, 1.54) is 18.7 Å². The van der Waals surface area contributed by atoms with Crippen LogP contribution in [0.5, 0.6) is 5.75 Å². The number of nitrogens with zero attached hydrogens (tertiary/aromatic N) is 4. The van der Waals surface area contributed by atoms with Gasteiger partial charge in [-0.1, -0.05) is 53.2 Å². The number of halogens is 1. The maximum atomic E-state index is 12.6. The molecule has 4 rings (SSSR count). The Bertz CT molecular complexity index is 1430. The molecule has 10 heteroatoms. The number of carbonyl (C=O) groups is 2. The molecule has 0 radical (unpaired) electrons. The number of amides is 1. The van der Waals surface area contributed by atoms with Crippen LogP contribution >= 0.6 is 23.4 Å². The molecule has 0 atom stereocenters. The number of hydrogen-bond acceptors (Lipinski definition) is 7. The second-order valence-electron chi connectivity index (χ2n) is 8.12. The van der Waals surface area contributed by atoms with E-state index in [1.54, 1.807) is 43.3 Å². The highest BCUT2D eigenvalue weighted by Gasteiger charge is 2.17. The van der Waals surface area contributed by atoms with Crippen molar-refractivity contribution in [1.82, 2.24) is 20.2 Å². The lowest BCUT2D eigenvalue weighted by molar-refractivity contribution is -0.131. The first-order chi connectivity index (χ1) is 17.8. The molecular weight excluding hydrogens is 510 g/mol. The van der Waals surface area contributed by atoms with Crippen molar-refractivity contribution in [3.63, 3.8) is 0 Å². The van der Waals surface area contributed by atoms with Crippen molar-refractivity contribution >= 4 is 41.0 Å². The summed E-state index contributed by atoms with van der Waals surface area (Å²) in [6.07, 6.45) is 0. The van der Waals surface area contributed by atoms with E-state index in [9.17, 15) is 9.59 Å². The summed E-state index contributed by atoms with van der Waals surface area (Å²) in [7, 11) is 0. The Hall–Kier alpha value is -3.95. The van der Waals surface area contributed by atoms with Crippen LogP contribution in [-0.4, -0.2) is 38.1 Å². The van der Waals surface area contributed by atoms with Gasteiger partial charge in [0.05, 0.1) is 11.5 Å². The standard InChI is InChI=1S/C27H24ClN5O3S/c1-17-4-6-21(7-5-17)26-31-32-27(33(26)23-12-10-22(28)11-13-23)37-16-25(35)30-29-18(2)20-8-14-24(15-9-20)36-19(3)34/h4-15H,16H2,1-3H3,(H,30,35)/b29-18-. The van der Waals surface area contributed by atoms with E-state index in [2.05, 4.69) is 20.7 Å². The zero-order valence-electron chi connectivity index (χ0n) is 20.4. The first-order valence-corrected chi connectivity index (χ1v) is 12.7. The molecule has 0 saturated heterocycles. The van der Waals surface area contributed by atoms with Gasteiger partial charge in [-0.05, 0) is 67.9 Å². The maximum Gasteiger partial charge on any atom is 0.308 e. The van der Waals surface area contributed by atoms with E-state index in [0.717, 1.165) is 22.4 Å². The van der Waals surface area contributed by atoms with Crippen LogP contribution < -0.4 is 10.2 Å². The van der Waals surface area contributed by atoms with Crippen molar-refractivity contribution in [2.24, 2.45) is 5.10 Å². The van der Waals surface area contributed by atoms with Gasteiger partial charge in [0.25, 0.3) is 5.91 Å². The number of benzene rings is 3. The summed E-state index contributed by atoms with van der Waals surface area (Å²) in [5.74, 6) is 0.515. The van der Waals surface area contributed by atoms with Gasteiger partial charge in [-0.25, -0.2) is 5.43 Å². The van der Waals surface area contributed by atoms with Gasteiger partial charge in [-0.2, -0.15) is 5.10 Å². The second kappa shape index (κ2) is 11.9. The Morgan fingerprint density at radius 3 is 2.30 bits per heavy atom. The number of thioether (sulfide) groups is 1. The number of esters is 1. The average Bonchev–Trinajstić information content (AvgIpc) is 3.31. The normalized spacial score (nSPS) is 11.3. The van der Waals surface area contributed by atoms with Crippen LogP contribution in [0.4, 0.5) is 0 Å². The van der Waals surface area contributed by atoms with Crippen molar-refractivity contribution in [1.29, 1.82) is 0 Å². The van der Waals surface area contributed by atoms with Crippen LogP contribution in [0, 0.1) is 6.92 Å². The molecule has 1 N–H and O–H groups in total. The molecular formula is C27H24ClN5O3S. The molecule has 0 aliphatic rings. The van der Waals surface area contributed by atoms with Crippen molar-refractivity contribution in [3.05, 3.63) is 88.9 Å². The lowest BCUT2D eigenvalue weighted by Crippen LogP contribution is -2.21. The Balaban J connectivity index is 1.47. The highest BCUT2D eigenvalue weighted by Crippen LogP contribution is 2.28. The van der Waals surface area contributed by atoms with Crippen molar-refractivity contribution in [2.45, 2.75) is 25.9 Å². The molecule has 0 unspecified atom stereocenters. The van der Waals surface area contributed by atoms with Gasteiger partial charge < -0.3 is 4.74 Å². The summed E-state index contributed by atoms with van der Waals surface area (Å²) >= 11 is 7.35. The molecule has 37 heavy (non-hydrogen) atoms. The van der Waals surface area contributed by atoms with Gasteiger partial charge in [-0.15, -0.1) is 10.2 Å². The zero-order chi connectivity index (χ0) is 26.4. The highest BCUT2D eigenvalue weighted by molar-refractivity contribution is 7.99. The van der Waals surface area contributed by atoms with Crippen LogP contribution in [0.15, 0.2) is 83.1 Å². The summed E-state index contributed by atoms with van der Waals surface area (Å²) in [6.45, 7) is 5.14. The van der Waals surface area contributed by atoms with E-state index >= 15 is 0 Å². The number of aromatic nitrogens is 3. The number of aryl methyl sites for hydroxylation is 1. The summed E-state index contributed by atoms with van der Waals surface area (Å²) in [6, 6.07) is 22.2. The molecule has 1 heterocycles. The number of carbonyl (C=O) groups excluding carboxylic acids is 2. The van der Waals surface area contributed by atoms with Crippen molar-refractivity contribution < 1.29 is 14.3 Å². The van der Waals surface area contributed by atoms with Crippen LogP contribution in [0.3, 0.4) is 0 Å². The van der Waals surface area contributed by atoms with Crippen LogP contribution in [-0.2, 0) is 9.59 Å². The fourth-order valence-electron chi connectivity index (χ4n) is 3.38. The second-order valence-corrected chi connectivity index (χ2v) is 9.50. The van der Waals surface area contributed by atoms with Gasteiger partial charge in [0.1, 0.15) is 5.75 Å². The van der Waals surface area contributed by atoms with Gasteiger partial charge in [0, 0.05) is 23.2 Å². The number of ether oxygens (including phenoxy) is 1. The minimum Gasteiger partial charge on any atom is -0.427 e. The first-order valence-electron chi connectivity index (χ1n) is 11.3. The third-order valence-corrected chi connectivity index (χ3v) is 6.42. The number of rotatable bonds is 8. The summed E-state index contributed by atoms with van der Waals surface area (Å²) in [5.41, 5.74) is 6.85. The predicted molar refractivity (Wildman–Crippen MR) is 145 cm³/mol. The largest absolute Gasteiger partial charge is 0.427 e. The molecule has 0 spiro atoms. The average molecular weight is 534 g/mol. The number of hydrazone groups is 1. The van der Waals surface area contributed by atoms with E-state index < -0.39 is 0 Å². The third kappa shape index (κ3) is 6.84. The summed E-state index contributed by atoms with van der Waals surface area (Å²) in [5, 5.41) is 14.1. The topological polar surface area (TPSA) is 98.5 Å². The lowest BCUT2D eigenvalue weighted by Gasteiger charge is -2.10. The Morgan fingerprint density at radius 2 is 1.65 bits per heavy atom. The Kier molecular flexibility index (Phi) is 8.37.